The summed E-state index contributed by atoms with van der Waals surface area (Å²) in [6, 6.07) is 9.98. The predicted molar refractivity (Wildman–Crippen MR) is 118 cm³/mol. The number of nitrogens with one attached hydrogen (secondary N) is 1. The fourth-order valence-corrected chi connectivity index (χ4v) is 4.30. The number of carbonyl (C=O) groups is 3. The molecule has 10 heteroatoms. The van der Waals surface area contributed by atoms with Crippen LogP contribution >= 0.6 is 0 Å². The quantitative estimate of drug-likeness (QED) is 0.662. The summed E-state index contributed by atoms with van der Waals surface area (Å²) in [7, 11) is 0. The summed E-state index contributed by atoms with van der Waals surface area (Å²) in [5.41, 5.74) is 0.769. The molecular formula is C23H25N5O5. The van der Waals surface area contributed by atoms with Crippen LogP contribution < -0.4 is 19.7 Å². The van der Waals surface area contributed by atoms with Gasteiger partial charge in [-0.3, -0.25) is 14.5 Å². The molecule has 1 aromatic carbocycles. The molecule has 0 bridgehead atoms. The number of hydrogen-bond donors (Lipinski definition) is 1. The van der Waals surface area contributed by atoms with Crippen LogP contribution in [0.25, 0.3) is 0 Å². The number of pyridine rings is 1. The number of anilines is 1. The lowest BCUT2D eigenvalue weighted by Gasteiger charge is -2.35. The standard InChI is InChI=1S/C23H25N5O5/c29-21(27-11-9-26(10-12-27)20-3-1-2-8-24-20)7-5-17-22(30)28(23(31)25-17)14-16-4-6-18-19(13-16)33-15-32-18/h1-4,6,8,13,17H,5,7,9-12,14-15H2,(H,25,31)/t17-/m0/s1. The summed E-state index contributed by atoms with van der Waals surface area (Å²) < 4.78 is 10.6. The van der Waals surface area contributed by atoms with E-state index in [-0.39, 0.29) is 38.0 Å². The van der Waals surface area contributed by atoms with E-state index in [9.17, 15) is 14.4 Å². The van der Waals surface area contributed by atoms with E-state index in [1.165, 1.54) is 4.90 Å². The van der Waals surface area contributed by atoms with Crippen LogP contribution in [0, 0.1) is 0 Å². The number of fused-ring (bicyclic) bond motifs is 1. The molecule has 0 spiro atoms. The lowest BCUT2D eigenvalue weighted by Crippen LogP contribution is -2.49. The maximum Gasteiger partial charge on any atom is 0.325 e. The average Bonchev–Trinajstić information content (AvgIpc) is 3.42. The number of rotatable bonds is 6. The molecule has 3 aliphatic heterocycles. The molecule has 2 saturated heterocycles. The van der Waals surface area contributed by atoms with Crippen molar-refractivity contribution >= 4 is 23.7 Å². The molecule has 3 aliphatic rings. The Morgan fingerprint density at radius 3 is 2.67 bits per heavy atom. The van der Waals surface area contributed by atoms with Gasteiger partial charge in [0.25, 0.3) is 5.91 Å². The summed E-state index contributed by atoms with van der Waals surface area (Å²) in [6.07, 6.45) is 2.25. The highest BCUT2D eigenvalue weighted by Crippen LogP contribution is 2.33. The molecule has 172 valence electrons. The molecule has 1 N–H and O–H groups in total. The topological polar surface area (TPSA) is 104 Å². The summed E-state index contributed by atoms with van der Waals surface area (Å²) in [4.78, 5) is 47.4. The van der Waals surface area contributed by atoms with Crippen molar-refractivity contribution in [2.75, 3.05) is 37.9 Å². The summed E-state index contributed by atoms with van der Waals surface area (Å²) in [5, 5.41) is 2.71. The zero-order chi connectivity index (χ0) is 22.8. The molecule has 0 aliphatic carbocycles. The largest absolute Gasteiger partial charge is 0.454 e. The van der Waals surface area contributed by atoms with Crippen molar-refractivity contribution in [3.05, 3.63) is 48.2 Å². The summed E-state index contributed by atoms with van der Waals surface area (Å²) >= 11 is 0. The van der Waals surface area contributed by atoms with Gasteiger partial charge in [-0.05, 0) is 36.2 Å². The third-order valence-electron chi connectivity index (χ3n) is 6.14. The van der Waals surface area contributed by atoms with Crippen molar-refractivity contribution in [2.24, 2.45) is 0 Å². The Hall–Kier alpha value is -3.82. The van der Waals surface area contributed by atoms with Gasteiger partial charge in [0.1, 0.15) is 11.9 Å². The fourth-order valence-electron chi connectivity index (χ4n) is 4.30. The molecule has 2 aromatic rings. The highest BCUT2D eigenvalue weighted by atomic mass is 16.7. The maximum absolute atomic E-state index is 12.8. The molecule has 0 radical (unpaired) electrons. The van der Waals surface area contributed by atoms with E-state index in [4.69, 9.17) is 9.47 Å². The molecule has 10 nitrogen and oxygen atoms in total. The zero-order valence-electron chi connectivity index (χ0n) is 18.1. The van der Waals surface area contributed by atoms with Gasteiger partial charge in [0.05, 0.1) is 6.54 Å². The molecule has 33 heavy (non-hydrogen) atoms. The van der Waals surface area contributed by atoms with Crippen molar-refractivity contribution in [1.82, 2.24) is 20.1 Å². The maximum atomic E-state index is 12.8. The lowest BCUT2D eigenvalue weighted by atomic mass is 10.1. The van der Waals surface area contributed by atoms with Crippen molar-refractivity contribution < 1.29 is 23.9 Å². The van der Waals surface area contributed by atoms with E-state index >= 15 is 0 Å². The number of hydrogen-bond acceptors (Lipinski definition) is 7. The van der Waals surface area contributed by atoms with Crippen LogP contribution in [0.2, 0.25) is 0 Å². The van der Waals surface area contributed by atoms with E-state index < -0.39 is 12.1 Å². The Morgan fingerprint density at radius 2 is 1.88 bits per heavy atom. The Bertz CT molecular complexity index is 1050. The van der Waals surface area contributed by atoms with Crippen LogP contribution in [0.15, 0.2) is 42.6 Å². The number of aromatic nitrogens is 1. The van der Waals surface area contributed by atoms with E-state index in [0.29, 0.717) is 37.7 Å². The normalized spacial score (nSPS) is 19.8. The number of urea groups is 1. The van der Waals surface area contributed by atoms with E-state index in [1.54, 1.807) is 24.4 Å². The van der Waals surface area contributed by atoms with Crippen molar-refractivity contribution in [3.63, 3.8) is 0 Å². The number of carbonyl (C=O) groups excluding carboxylic acids is 3. The molecule has 1 aromatic heterocycles. The van der Waals surface area contributed by atoms with Crippen LogP contribution in [0.3, 0.4) is 0 Å². The third-order valence-corrected chi connectivity index (χ3v) is 6.14. The Labute approximate surface area is 191 Å². The highest BCUT2D eigenvalue weighted by Gasteiger charge is 2.38. The molecule has 0 saturated carbocycles. The van der Waals surface area contributed by atoms with Crippen molar-refractivity contribution in [1.29, 1.82) is 0 Å². The first-order valence-corrected chi connectivity index (χ1v) is 11.0. The van der Waals surface area contributed by atoms with E-state index in [1.807, 2.05) is 23.1 Å². The van der Waals surface area contributed by atoms with Crippen LogP contribution in [0.1, 0.15) is 18.4 Å². The smallest absolute Gasteiger partial charge is 0.325 e. The molecule has 1 atom stereocenters. The second kappa shape index (κ2) is 8.97. The molecule has 4 heterocycles. The lowest BCUT2D eigenvalue weighted by molar-refractivity contribution is -0.132. The minimum Gasteiger partial charge on any atom is -0.454 e. The van der Waals surface area contributed by atoms with Crippen molar-refractivity contribution in [2.45, 2.75) is 25.4 Å². The second-order valence-corrected chi connectivity index (χ2v) is 8.21. The Morgan fingerprint density at radius 1 is 1.06 bits per heavy atom. The number of piperazine rings is 1. The van der Waals surface area contributed by atoms with Gasteiger partial charge in [0, 0.05) is 38.8 Å². The minimum atomic E-state index is -0.690. The number of amides is 4. The monoisotopic (exact) mass is 451 g/mol. The number of ether oxygens (including phenoxy) is 2. The van der Waals surface area contributed by atoms with E-state index in [0.717, 1.165) is 11.4 Å². The van der Waals surface area contributed by atoms with Gasteiger partial charge in [0.2, 0.25) is 12.7 Å². The first-order valence-electron chi connectivity index (χ1n) is 11.0. The fraction of sp³-hybridized carbons (Fsp3) is 0.391. The van der Waals surface area contributed by atoms with Gasteiger partial charge in [-0.15, -0.1) is 0 Å². The van der Waals surface area contributed by atoms with Gasteiger partial charge >= 0.3 is 6.03 Å². The predicted octanol–water partition coefficient (Wildman–Crippen LogP) is 1.36. The molecular weight excluding hydrogens is 426 g/mol. The minimum absolute atomic E-state index is 0.00746. The molecule has 4 amide bonds. The molecule has 5 rings (SSSR count). The summed E-state index contributed by atoms with van der Waals surface area (Å²) in [5.74, 6) is 1.84. The van der Waals surface area contributed by atoms with Gasteiger partial charge in [-0.25, -0.2) is 9.78 Å². The summed E-state index contributed by atoms with van der Waals surface area (Å²) in [6.45, 7) is 2.95. The first-order chi connectivity index (χ1) is 16.1. The third kappa shape index (κ3) is 4.41. The number of nitrogens with zero attached hydrogens (tertiary/aromatic N) is 4. The average molecular weight is 451 g/mol. The number of imide groups is 1. The van der Waals surface area contributed by atoms with Gasteiger partial charge in [-0.1, -0.05) is 12.1 Å². The van der Waals surface area contributed by atoms with Crippen LogP contribution in [-0.4, -0.2) is 71.6 Å². The Kier molecular flexibility index (Phi) is 5.72. The zero-order valence-corrected chi connectivity index (χ0v) is 18.1. The van der Waals surface area contributed by atoms with E-state index in [2.05, 4.69) is 15.2 Å². The Balaban J connectivity index is 1.11. The van der Waals surface area contributed by atoms with Gasteiger partial charge in [0.15, 0.2) is 11.5 Å². The molecule has 0 unspecified atom stereocenters. The highest BCUT2D eigenvalue weighted by molar-refractivity contribution is 6.04. The second-order valence-electron chi connectivity index (χ2n) is 8.21. The van der Waals surface area contributed by atoms with Gasteiger partial charge < -0.3 is 24.6 Å². The van der Waals surface area contributed by atoms with Gasteiger partial charge in [-0.2, -0.15) is 0 Å². The first kappa shape index (κ1) is 21.0. The molecule has 2 fully saturated rings. The SMILES string of the molecule is O=C(CC[C@@H]1NC(=O)N(Cc2ccc3c(c2)OCO3)C1=O)N1CCN(c2ccccn2)CC1. The van der Waals surface area contributed by atoms with Crippen LogP contribution in [0.4, 0.5) is 10.6 Å². The number of benzene rings is 1. The van der Waals surface area contributed by atoms with Crippen LogP contribution in [-0.2, 0) is 16.1 Å². The van der Waals surface area contributed by atoms with Crippen molar-refractivity contribution in [3.8, 4) is 11.5 Å². The van der Waals surface area contributed by atoms with Crippen LogP contribution in [0.5, 0.6) is 11.5 Å².